The first-order valence-corrected chi connectivity index (χ1v) is 8.65. The highest BCUT2D eigenvalue weighted by molar-refractivity contribution is 6.32. The molecule has 2 aliphatic rings. The average Bonchev–Trinajstić information content (AvgIpc) is 3.10. The molecule has 1 heterocycles. The van der Waals surface area contributed by atoms with Crippen molar-refractivity contribution in [2.75, 3.05) is 5.32 Å². The normalized spacial score (nSPS) is 23.0. The molecule has 0 bridgehead atoms. The molecule has 0 saturated carbocycles. The molecule has 132 valence electrons. The molecule has 3 unspecified atom stereocenters. The van der Waals surface area contributed by atoms with Crippen LogP contribution in [0.15, 0.2) is 48.6 Å². The highest BCUT2D eigenvalue weighted by atomic mass is 35.5. The molecule has 0 fully saturated rings. The second-order valence-electron chi connectivity index (χ2n) is 6.58. The van der Waals surface area contributed by atoms with Gasteiger partial charge in [-0.2, -0.15) is 0 Å². The molecule has 0 saturated heterocycles. The number of allylic oxidation sites excluding steroid dienone is 2. The molecule has 2 aromatic carbocycles. The minimum absolute atomic E-state index is 0.105. The van der Waals surface area contributed by atoms with E-state index in [0.717, 1.165) is 17.5 Å². The van der Waals surface area contributed by atoms with Crippen molar-refractivity contribution in [3.8, 4) is 0 Å². The van der Waals surface area contributed by atoms with Gasteiger partial charge in [-0.15, -0.1) is 0 Å². The molecule has 2 aromatic rings. The topological polar surface area (TPSA) is 98.3 Å². The van der Waals surface area contributed by atoms with Crippen LogP contribution in [0.1, 0.15) is 39.9 Å². The summed E-state index contributed by atoms with van der Waals surface area (Å²) in [6.07, 6.45) is 5.09. The van der Waals surface area contributed by atoms with Crippen LogP contribution < -0.4 is 11.1 Å². The Morgan fingerprint density at radius 1 is 1.31 bits per heavy atom. The maximum atomic E-state index is 11.9. The quantitative estimate of drug-likeness (QED) is 0.481. The fourth-order valence-corrected chi connectivity index (χ4v) is 4.21. The van der Waals surface area contributed by atoms with Gasteiger partial charge in [-0.25, -0.2) is 0 Å². The Morgan fingerprint density at radius 2 is 2.12 bits per heavy atom. The third kappa shape index (κ3) is 2.54. The number of para-hydroxylation sites is 1. The number of nitrogens with one attached hydrogen (secondary N) is 1. The van der Waals surface area contributed by atoms with Gasteiger partial charge < -0.3 is 11.1 Å². The van der Waals surface area contributed by atoms with E-state index in [1.165, 1.54) is 6.07 Å². The number of hydrogen-bond acceptors (Lipinski definition) is 4. The zero-order valence-electron chi connectivity index (χ0n) is 13.7. The summed E-state index contributed by atoms with van der Waals surface area (Å²) >= 11 is 5.95. The Balaban J connectivity index is 1.84. The van der Waals surface area contributed by atoms with Crippen molar-refractivity contribution in [2.45, 2.75) is 18.4 Å². The van der Waals surface area contributed by atoms with E-state index in [4.69, 9.17) is 17.3 Å². The van der Waals surface area contributed by atoms with E-state index in [1.807, 2.05) is 12.1 Å². The van der Waals surface area contributed by atoms with Gasteiger partial charge in [-0.05, 0) is 35.6 Å². The number of primary amides is 1. The van der Waals surface area contributed by atoms with Crippen molar-refractivity contribution >= 4 is 28.9 Å². The van der Waals surface area contributed by atoms with Gasteiger partial charge in [0.05, 0.1) is 22.2 Å². The van der Waals surface area contributed by atoms with Crippen molar-refractivity contribution in [1.29, 1.82) is 0 Å². The van der Waals surface area contributed by atoms with Crippen molar-refractivity contribution in [3.05, 3.63) is 80.4 Å². The van der Waals surface area contributed by atoms with Crippen LogP contribution in [0, 0.1) is 16.0 Å². The van der Waals surface area contributed by atoms with E-state index >= 15 is 0 Å². The Kier molecular flexibility index (Phi) is 3.92. The molecule has 3 atom stereocenters. The molecule has 7 heteroatoms. The van der Waals surface area contributed by atoms with Crippen LogP contribution in [0.2, 0.25) is 5.02 Å². The zero-order chi connectivity index (χ0) is 18.4. The SMILES string of the molecule is NC(=O)c1cccc2c1NC(c1ccc(Cl)c([N+](=O)[O-])c1)C1CC=CC21. The number of nitro benzene ring substituents is 1. The molecular formula is C19H16ClN3O3. The summed E-state index contributed by atoms with van der Waals surface area (Å²) in [7, 11) is 0. The van der Waals surface area contributed by atoms with E-state index in [9.17, 15) is 14.9 Å². The summed E-state index contributed by atoms with van der Waals surface area (Å²) in [6.45, 7) is 0. The maximum absolute atomic E-state index is 11.9. The molecule has 0 spiro atoms. The van der Waals surface area contributed by atoms with Crippen LogP contribution in [0.25, 0.3) is 0 Å². The fraction of sp³-hybridized carbons (Fsp3) is 0.211. The van der Waals surface area contributed by atoms with Gasteiger partial charge >= 0.3 is 0 Å². The Morgan fingerprint density at radius 3 is 2.85 bits per heavy atom. The lowest BCUT2D eigenvalue weighted by Gasteiger charge is -2.38. The Bertz CT molecular complexity index is 957. The van der Waals surface area contributed by atoms with Crippen molar-refractivity contribution < 1.29 is 9.72 Å². The molecule has 0 aromatic heterocycles. The van der Waals surface area contributed by atoms with E-state index < -0.39 is 10.8 Å². The van der Waals surface area contributed by atoms with E-state index in [2.05, 4.69) is 17.5 Å². The van der Waals surface area contributed by atoms with Crippen LogP contribution in [0.4, 0.5) is 11.4 Å². The van der Waals surface area contributed by atoms with Gasteiger partial charge in [0.2, 0.25) is 0 Å². The molecule has 6 nitrogen and oxygen atoms in total. The van der Waals surface area contributed by atoms with Crippen molar-refractivity contribution in [2.24, 2.45) is 11.7 Å². The van der Waals surface area contributed by atoms with Crippen LogP contribution in [0.3, 0.4) is 0 Å². The molecule has 1 aliphatic carbocycles. The number of carbonyl (C=O) groups excluding carboxylic acids is 1. The van der Waals surface area contributed by atoms with Crippen molar-refractivity contribution in [1.82, 2.24) is 0 Å². The Hall–Kier alpha value is -2.86. The number of anilines is 1. The lowest BCUT2D eigenvalue weighted by molar-refractivity contribution is -0.384. The van der Waals surface area contributed by atoms with E-state index in [0.29, 0.717) is 11.3 Å². The average molecular weight is 370 g/mol. The number of carbonyl (C=O) groups is 1. The predicted molar refractivity (Wildman–Crippen MR) is 99.4 cm³/mol. The molecule has 3 N–H and O–H groups in total. The highest BCUT2D eigenvalue weighted by Gasteiger charge is 2.39. The molecule has 4 rings (SSSR count). The minimum Gasteiger partial charge on any atom is -0.377 e. The summed E-state index contributed by atoms with van der Waals surface area (Å²) in [4.78, 5) is 22.6. The maximum Gasteiger partial charge on any atom is 0.288 e. The summed E-state index contributed by atoms with van der Waals surface area (Å²) in [5, 5.41) is 14.8. The number of hydrogen-bond donors (Lipinski definition) is 2. The lowest BCUT2D eigenvalue weighted by Crippen LogP contribution is -2.31. The van der Waals surface area contributed by atoms with Gasteiger partial charge in [0.15, 0.2) is 0 Å². The predicted octanol–water partition coefficient (Wildman–Crippen LogP) is 4.17. The molecule has 0 radical (unpaired) electrons. The summed E-state index contributed by atoms with van der Waals surface area (Å²) < 4.78 is 0. The second kappa shape index (κ2) is 6.14. The first-order chi connectivity index (χ1) is 12.5. The minimum atomic E-state index is -0.504. The summed E-state index contributed by atoms with van der Waals surface area (Å²) in [6, 6.07) is 10.2. The van der Waals surface area contributed by atoms with Crippen LogP contribution in [-0.2, 0) is 0 Å². The second-order valence-corrected chi connectivity index (χ2v) is 6.98. The fourth-order valence-electron chi connectivity index (χ4n) is 4.02. The van der Waals surface area contributed by atoms with Gasteiger partial charge in [0, 0.05) is 12.0 Å². The number of fused-ring (bicyclic) bond motifs is 3. The monoisotopic (exact) mass is 369 g/mol. The van der Waals surface area contributed by atoms with Gasteiger partial charge in [-0.1, -0.05) is 42.0 Å². The number of nitro groups is 1. The smallest absolute Gasteiger partial charge is 0.288 e. The number of halogens is 1. The van der Waals surface area contributed by atoms with Crippen LogP contribution in [-0.4, -0.2) is 10.8 Å². The number of amides is 1. The third-order valence-corrected chi connectivity index (χ3v) is 5.51. The summed E-state index contributed by atoms with van der Waals surface area (Å²) in [5.41, 5.74) is 8.34. The first-order valence-electron chi connectivity index (χ1n) is 8.27. The standard InChI is InChI=1S/C19H16ClN3O3/c20-15-8-7-10(9-16(15)23(25)26)17-12-4-1-3-11(12)13-5-2-6-14(19(21)24)18(13)22-17/h1-3,5-9,11-12,17,22H,4H2,(H2,21,24). The van der Waals surface area contributed by atoms with Gasteiger partial charge in [0.25, 0.3) is 11.6 Å². The zero-order valence-corrected chi connectivity index (χ0v) is 14.4. The molecule has 1 aliphatic heterocycles. The number of nitrogens with two attached hydrogens (primary N) is 1. The molecule has 1 amide bonds. The molecular weight excluding hydrogens is 354 g/mol. The van der Waals surface area contributed by atoms with Crippen LogP contribution in [0.5, 0.6) is 0 Å². The largest absolute Gasteiger partial charge is 0.377 e. The van der Waals surface area contributed by atoms with E-state index in [-0.39, 0.29) is 28.6 Å². The van der Waals surface area contributed by atoms with Gasteiger partial charge in [-0.3, -0.25) is 14.9 Å². The summed E-state index contributed by atoms with van der Waals surface area (Å²) in [5.74, 6) is -0.174. The molecule has 26 heavy (non-hydrogen) atoms. The third-order valence-electron chi connectivity index (χ3n) is 5.19. The van der Waals surface area contributed by atoms with E-state index in [1.54, 1.807) is 18.2 Å². The number of rotatable bonds is 3. The first kappa shape index (κ1) is 16.6. The number of benzene rings is 2. The van der Waals surface area contributed by atoms with Crippen LogP contribution >= 0.6 is 11.6 Å². The number of nitrogens with zero attached hydrogens (tertiary/aromatic N) is 1. The highest BCUT2D eigenvalue weighted by Crippen LogP contribution is 2.51. The van der Waals surface area contributed by atoms with Crippen molar-refractivity contribution in [3.63, 3.8) is 0 Å². The van der Waals surface area contributed by atoms with Gasteiger partial charge in [0.1, 0.15) is 5.02 Å². The lowest BCUT2D eigenvalue weighted by atomic mass is 9.76. The Labute approximate surface area is 154 Å².